The van der Waals surface area contributed by atoms with Crippen molar-refractivity contribution >= 4 is 19.3 Å². The fourth-order valence-electron chi connectivity index (χ4n) is 2.22. The van der Waals surface area contributed by atoms with Gasteiger partial charge in [-0.3, -0.25) is 14.2 Å². The van der Waals surface area contributed by atoms with Crippen LogP contribution in [0.5, 0.6) is 0 Å². The van der Waals surface area contributed by atoms with E-state index in [0.29, 0.717) is 0 Å². The lowest BCUT2D eigenvalue weighted by Gasteiger charge is -2.22. The predicted octanol–water partition coefficient (Wildman–Crippen LogP) is 2.80. The summed E-state index contributed by atoms with van der Waals surface area (Å²) in [5.41, 5.74) is 0.0141. The van der Waals surface area contributed by atoms with Crippen LogP contribution in [0.1, 0.15) is 31.7 Å². The molecule has 0 aliphatic heterocycles. The Morgan fingerprint density at radius 3 is 2.27 bits per heavy atom. The third kappa shape index (κ3) is 6.00. The van der Waals surface area contributed by atoms with Crippen molar-refractivity contribution in [2.75, 3.05) is 0 Å². The second kappa shape index (κ2) is 8.11. The van der Waals surface area contributed by atoms with Crippen LogP contribution in [0.2, 0.25) is 0 Å². The molecule has 3 N–H and O–H groups in total. The maximum Gasteiger partial charge on any atom is 0.306 e. The van der Waals surface area contributed by atoms with Crippen LogP contribution in [-0.4, -0.2) is 32.7 Å². The van der Waals surface area contributed by atoms with Gasteiger partial charge < -0.3 is 15.1 Å². The normalized spacial score (nSPS) is 16.5. The molecule has 1 aromatic rings. The summed E-state index contributed by atoms with van der Waals surface area (Å²) in [5, 5.41) is 17.8. The molecule has 0 saturated heterocycles. The molecule has 7 heteroatoms. The monoisotopic (exact) mass is 328 g/mol. The van der Waals surface area contributed by atoms with Gasteiger partial charge in [0, 0.05) is 18.2 Å². The van der Waals surface area contributed by atoms with Crippen LogP contribution >= 0.6 is 7.37 Å². The molecule has 0 fully saturated rings. The molecule has 0 heterocycles. The highest BCUT2D eigenvalue weighted by Gasteiger charge is 2.32. The molecule has 0 spiro atoms. The Hall–Kier alpha value is -1.65. The van der Waals surface area contributed by atoms with E-state index >= 15 is 0 Å². The molecule has 0 radical (unpaired) electrons. The molecule has 1 aromatic carbocycles. The van der Waals surface area contributed by atoms with E-state index in [1.54, 1.807) is 31.2 Å². The number of hydrogen-bond donors (Lipinski definition) is 3. The van der Waals surface area contributed by atoms with Crippen LogP contribution in [-0.2, 0) is 20.3 Å². The van der Waals surface area contributed by atoms with Crippen molar-refractivity contribution in [1.29, 1.82) is 0 Å². The number of carboxylic acid groups (broad SMARTS) is 2. The van der Waals surface area contributed by atoms with Crippen molar-refractivity contribution in [3.63, 3.8) is 0 Å². The summed E-state index contributed by atoms with van der Waals surface area (Å²) in [5.74, 6) is -3.13. The molecule has 3 unspecified atom stereocenters. The Morgan fingerprint density at radius 1 is 1.18 bits per heavy atom. The lowest BCUT2D eigenvalue weighted by atomic mass is 9.98. The van der Waals surface area contributed by atoms with E-state index in [4.69, 9.17) is 10.2 Å². The van der Waals surface area contributed by atoms with Gasteiger partial charge in [-0.2, -0.15) is 0 Å². The lowest BCUT2D eigenvalue weighted by Crippen LogP contribution is -2.21. The van der Waals surface area contributed by atoms with E-state index in [1.165, 1.54) is 0 Å². The summed E-state index contributed by atoms with van der Waals surface area (Å²) in [6.07, 6.45) is -0.331. The molecule has 0 bridgehead atoms. The fraction of sp³-hybridized carbons (Fsp3) is 0.467. The molecule has 0 saturated carbocycles. The zero-order chi connectivity index (χ0) is 16.8. The van der Waals surface area contributed by atoms with Gasteiger partial charge in [0.15, 0.2) is 0 Å². The number of carbonyl (C=O) groups is 2. The van der Waals surface area contributed by atoms with Gasteiger partial charge in [-0.25, -0.2) is 0 Å². The highest BCUT2D eigenvalue weighted by atomic mass is 31.2. The maximum absolute atomic E-state index is 12.4. The molecule has 1 rings (SSSR count). The minimum Gasteiger partial charge on any atom is -0.481 e. The first-order valence-corrected chi connectivity index (χ1v) is 8.94. The molecule has 22 heavy (non-hydrogen) atoms. The van der Waals surface area contributed by atoms with Crippen molar-refractivity contribution < 1.29 is 29.3 Å². The minimum absolute atomic E-state index is 0.0107. The van der Waals surface area contributed by atoms with E-state index in [0.717, 1.165) is 5.56 Å². The van der Waals surface area contributed by atoms with Crippen molar-refractivity contribution in [1.82, 2.24) is 0 Å². The lowest BCUT2D eigenvalue weighted by molar-refractivity contribution is -0.143. The number of benzene rings is 1. The Balaban J connectivity index is 2.70. The highest BCUT2D eigenvalue weighted by molar-refractivity contribution is 7.57. The fourth-order valence-corrected chi connectivity index (χ4v) is 3.85. The number of carboxylic acids is 2. The van der Waals surface area contributed by atoms with Crippen molar-refractivity contribution in [2.45, 2.75) is 38.0 Å². The second-order valence-electron chi connectivity index (χ2n) is 5.45. The molecule has 0 aliphatic carbocycles. The van der Waals surface area contributed by atoms with Crippen LogP contribution in [0, 0.1) is 5.92 Å². The van der Waals surface area contributed by atoms with E-state index in [1.807, 2.05) is 6.07 Å². The third-order valence-corrected chi connectivity index (χ3v) is 6.03. The van der Waals surface area contributed by atoms with Crippen LogP contribution in [0.25, 0.3) is 0 Å². The predicted molar refractivity (Wildman–Crippen MR) is 82.0 cm³/mol. The Kier molecular flexibility index (Phi) is 6.78. The summed E-state index contributed by atoms with van der Waals surface area (Å²) in [6.45, 7) is 1.54. The smallest absolute Gasteiger partial charge is 0.306 e. The van der Waals surface area contributed by atoms with Crippen molar-refractivity contribution in [3.8, 4) is 0 Å². The molecule has 0 aromatic heterocycles. The van der Waals surface area contributed by atoms with Crippen molar-refractivity contribution in [3.05, 3.63) is 35.9 Å². The zero-order valence-corrected chi connectivity index (χ0v) is 13.3. The Bertz CT molecular complexity index is 556. The van der Waals surface area contributed by atoms with E-state index in [2.05, 4.69) is 0 Å². The average molecular weight is 328 g/mol. The molecule has 122 valence electrons. The van der Waals surface area contributed by atoms with E-state index < -0.39 is 30.9 Å². The average Bonchev–Trinajstić information content (AvgIpc) is 2.43. The molecular formula is C15H21O6P. The van der Waals surface area contributed by atoms with Crippen LogP contribution in [0.3, 0.4) is 0 Å². The Morgan fingerprint density at radius 2 is 1.77 bits per heavy atom. The van der Waals surface area contributed by atoms with Gasteiger partial charge >= 0.3 is 11.9 Å². The van der Waals surface area contributed by atoms with Gasteiger partial charge in [0.2, 0.25) is 7.37 Å². The maximum atomic E-state index is 12.4. The first-order valence-electron chi connectivity index (χ1n) is 7.02. The standard InChI is InChI=1S/C15H21O6P/c1-11(9-13(15(18)19)7-8-14(16)17)22(20,21)10-12-5-3-2-4-6-12/h2-6,11,13H,7-10H2,1H3,(H,16,17)(H,18,19)(H,20,21). The first kappa shape index (κ1) is 18.4. The van der Waals surface area contributed by atoms with Gasteiger partial charge in [0.1, 0.15) is 0 Å². The third-order valence-electron chi connectivity index (χ3n) is 3.62. The summed E-state index contributed by atoms with van der Waals surface area (Å²) in [4.78, 5) is 31.9. The van der Waals surface area contributed by atoms with Gasteiger partial charge in [0.25, 0.3) is 0 Å². The summed E-state index contributed by atoms with van der Waals surface area (Å²) in [6, 6.07) is 8.84. The zero-order valence-electron chi connectivity index (χ0n) is 12.4. The number of hydrogen-bond acceptors (Lipinski definition) is 3. The molecule has 6 nitrogen and oxygen atoms in total. The van der Waals surface area contributed by atoms with E-state index in [9.17, 15) is 19.0 Å². The summed E-state index contributed by atoms with van der Waals surface area (Å²) in [7, 11) is -3.56. The highest BCUT2D eigenvalue weighted by Crippen LogP contribution is 2.51. The first-order chi connectivity index (χ1) is 10.2. The van der Waals surface area contributed by atoms with E-state index in [-0.39, 0.29) is 25.4 Å². The summed E-state index contributed by atoms with van der Waals surface area (Å²) < 4.78 is 12.4. The quantitative estimate of drug-likeness (QED) is 0.601. The van der Waals surface area contributed by atoms with Gasteiger partial charge in [-0.1, -0.05) is 37.3 Å². The Labute approximate surface area is 129 Å². The summed E-state index contributed by atoms with van der Waals surface area (Å²) >= 11 is 0. The topological polar surface area (TPSA) is 112 Å². The molecule has 0 amide bonds. The molecule has 0 aliphatic rings. The van der Waals surface area contributed by atoms with Gasteiger partial charge in [-0.05, 0) is 18.4 Å². The number of rotatable bonds is 9. The van der Waals surface area contributed by atoms with Gasteiger partial charge in [-0.15, -0.1) is 0 Å². The second-order valence-corrected chi connectivity index (χ2v) is 8.16. The molecule has 3 atom stereocenters. The molecular weight excluding hydrogens is 307 g/mol. The number of aliphatic carboxylic acids is 2. The van der Waals surface area contributed by atoms with Gasteiger partial charge in [0.05, 0.1) is 5.92 Å². The minimum atomic E-state index is -3.56. The van der Waals surface area contributed by atoms with Crippen molar-refractivity contribution in [2.24, 2.45) is 5.92 Å². The van der Waals surface area contributed by atoms with Crippen LogP contribution < -0.4 is 0 Å². The largest absolute Gasteiger partial charge is 0.481 e. The van der Waals surface area contributed by atoms with Crippen LogP contribution in [0.4, 0.5) is 0 Å². The SMILES string of the molecule is CC(CC(CCC(=O)O)C(=O)O)P(=O)(O)Cc1ccccc1. The van der Waals surface area contributed by atoms with Crippen LogP contribution in [0.15, 0.2) is 30.3 Å².